The molecule has 3 nitrogen and oxygen atoms in total. The highest BCUT2D eigenvalue weighted by Crippen LogP contribution is 2.21. The number of halogens is 2. The molecule has 1 amide bonds. The maximum absolute atomic E-state index is 12.1. The van der Waals surface area contributed by atoms with E-state index in [4.69, 9.17) is 0 Å². The number of hydrogen-bond donors (Lipinski definition) is 1. The third-order valence-electron chi connectivity index (χ3n) is 3.34. The molecule has 6 heteroatoms. The standard InChI is InChI=1S/C15H21BrN2OS.ClH/c1-12-11-18(9-8-17-12)15(19)3-2-10-20-14-6-4-13(16)5-7-14;/h4-7,12,17H,2-3,8-11H2,1H3;1H. The summed E-state index contributed by atoms with van der Waals surface area (Å²) in [5, 5.41) is 3.36. The Bertz CT molecular complexity index is 444. The average Bonchev–Trinajstić information content (AvgIpc) is 2.45. The highest BCUT2D eigenvalue weighted by molar-refractivity contribution is 9.10. The largest absolute Gasteiger partial charge is 0.340 e. The number of rotatable bonds is 5. The summed E-state index contributed by atoms with van der Waals surface area (Å²) in [6.45, 7) is 4.74. The molecule has 21 heavy (non-hydrogen) atoms. The van der Waals surface area contributed by atoms with Crippen molar-refractivity contribution in [2.45, 2.75) is 30.7 Å². The molecule has 1 atom stereocenters. The molecule has 1 saturated heterocycles. The fourth-order valence-corrected chi connectivity index (χ4v) is 3.38. The van der Waals surface area contributed by atoms with Gasteiger partial charge in [-0.3, -0.25) is 4.79 Å². The van der Waals surface area contributed by atoms with Crippen molar-refractivity contribution < 1.29 is 4.79 Å². The smallest absolute Gasteiger partial charge is 0.222 e. The number of nitrogens with one attached hydrogen (secondary N) is 1. The first kappa shape index (κ1) is 18.8. The highest BCUT2D eigenvalue weighted by Gasteiger charge is 2.19. The Morgan fingerprint density at radius 1 is 1.43 bits per heavy atom. The van der Waals surface area contributed by atoms with E-state index in [9.17, 15) is 4.79 Å². The normalized spacial score (nSPS) is 18.2. The minimum Gasteiger partial charge on any atom is -0.340 e. The summed E-state index contributed by atoms with van der Waals surface area (Å²) in [5.74, 6) is 1.30. The van der Waals surface area contributed by atoms with Gasteiger partial charge >= 0.3 is 0 Å². The van der Waals surface area contributed by atoms with Crippen molar-refractivity contribution >= 4 is 46.0 Å². The van der Waals surface area contributed by atoms with Gasteiger partial charge in [-0.2, -0.15) is 0 Å². The Morgan fingerprint density at radius 3 is 2.81 bits per heavy atom. The Labute approximate surface area is 145 Å². The van der Waals surface area contributed by atoms with Gasteiger partial charge < -0.3 is 10.2 Å². The fourth-order valence-electron chi connectivity index (χ4n) is 2.26. The van der Waals surface area contributed by atoms with E-state index in [1.165, 1.54) is 4.90 Å². The second-order valence-electron chi connectivity index (χ2n) is 5.10. The Morgan fingerprint density at radius 2 is 2.14 bits per heavy atom. The van der Waals surface area contributed by atoms with Crippen molar-refractivity contribution in [3.63, 3.8) is 0 Å². The molecule has 2 rings (SSSR count). The van der Waals surface area contributed by atoms with Gasteiger partial charge in [-0.1, -0.05) is 15.9 Å². The molecule has 0 bridgehead atoms. The summed E-state index contributed by atoms with van der Waals surface area (Å²) in [7, 11) is 0. The van der Waals surface area contributed by atoms with E-state index in [2.05, 4.69) is 52.4 Å². The van der Waals surface area contributed by atoms with Crippen LogP contribution in [-0.4, -0.2) is 42.2 Å². The Balaban J connectivity index is 0.00000220. The zero-order valence-corrected chi connectivity index (χ0v) is 15.4. The number of carbonyl (C=O) groups is 1. The first-order valence-corrected chi connectivity index (χ1v) is 8.82. The summed E-state index contributed by atoms with van der Waals surface area (Å²) >= 11 is 5.25. The molecule has 1 aliphatic heterocycles. The van der Waals surface area contributed by atoms with Gasteiger partial charge in [0.2, 0.25) is 5.91 Å². The molecule has 0 aromatic heterocycles. The van der Waals surface area contributed by atoms with Gasteiger partial charge in [-0.25, -0.2) is 0 Å². The lowest BCUT2D eigenvalue weighted by atomic mass is 10.2. The second kappa shape index (κ2) is 9.72. The third-order valence-corrected chi connectivity index (χ3v) is 4.97. The quantitative estimate of drug-likeness (QED) is 0.613. The SMILES string of the molecule is CC1CN(C(=O)CCCSc2ccc(Br)cc2)CCN1.Cl. The van der Waals surface area contributed by atoms with Crippen LogP contribution in [0.25, 0.3) is 0 Å². The zero-order chi connectivity index (χ0) is 14.4. The van der Waals surface area contributed by atoms with Gasteiger partial charge in [0.25, 0.3) is 0 Å². The lowest BCUT2D eigenvalue weighted by Crippen LogP contribution is -2.51. The molecule has 1 heterocycles. The maximum Gasteiger partial charge on any atom is 0.222 e. The van der Waals surface area contributed by atoms with Crippen LogP contribution in [0.15, 0.2) is 33.6 Å². The number of carbonyl (C=O) groups excluding carboxylic acids is 1. The maximum atomic E-state index is 12.1. The molecule has 1 aliphatic rings. The molecule has 0 radical (unpaired) electrons. The van der Waals surface area contributed by atoms with Gasteiger partial charge in [0.1, 0.15) is 0 Å². The summed E-state index contributed by atoms with van der Waals surface area (Å²) in [6, 6.07) is 8.73. The molecule has 0 saturated carbocycles. The molecule has 0 aliphatic carbocycles. The number of amides is 1. The molecule has 1 fully saturated rings. The van der Waals surface area contributed by atoms with Crippen molar-refractivity contribution in [1.82, 2.24) is 10.2 Å². The van der Waals surface area contributed by atoms with Gasteiger partial charge in [0, 0.05) is 41.5 Å². The summed E-state index contributed by atoms with van der Waals surface area (Å²) in [5.41, 5.74) is 0. The molecule has 0 spiro atoms. The highest BCUT2D eigenvalue weighted by atomic mass is 79.9. The molecule has 1 aromatic rings. The summed E-state index contributed by atoms with van der Waals surface area (Å²) in [4.78, 5) is 15.3. The number of piperazine rings is 1. The average molecular weight is 394 g/mol. The van der Waals surface area contributed by atoms with Gasteiger partial charge in [0.15, 0.2) is 0 Å². The first-order chi connectivity index (χ1) is 9.65. The summed E-state index contributed by atoms with van der Waals surface area (Å²) < 4.78 is 1.10. The minimum atomic E-state index is 0. The first-order valence-electron chi connectivity index (χ1n) is 7.04. The lowest BCUT2D eigenvalue weighted by Gasteiger charge is -2.32. The van der Waals surface area contributed by atoms with Gasteiger partial charge in [-0.15, -0.1) is 24.2 Å². The number of nitrogens with zero attached hydrogens (tertiary/aromatic N) is 1. The van der Waals surface area contributed by atoms with Crippen LogP contribution in [0.1, 0.15) is 19.8 Å². The number of hydrogen-bond acceptors (Lipinski definition) is 3. The van der Waals surface area contributed by atoms with E-state index < -0.39 is 0 Å². The summed E-state index contributed by atoms with van der Waals surface area (Å²) in [6.07, 6.45) is 1.61. The molecular formula is C15H22BrClN2OS. The van der Waals surface area contributed by atoms with Crippen molar-refractivity contribution in [3.05, 3.63) is 28.7 Å². The van der Waals surface area contributed by atoms with Crippen LogP contribution in [0.2, 0.25) is 0 Å². The lowest BCUT2D eigenvalue weighted by molar-refractivity contribution is -0.132. The molecule has 1 unspecified atom stereocenters. The molecule has 1 N–H and O–H groups in total. The van der Waals surface area contributed by atoms with Crippen LogP contribution in [0.3, 0.4) is 0 Å². The van der Waals surface area contributed by atoms with Crippen LogP contribution >= 0.6 is 40.1 Å². The van der Waals surface area contributed by atoms with E-state index in [0.29, 0.717) is 18.4 Å². The number of benzene rings is 1. The zero-order valence-electron chi connectivity index (χ0n) is 12.2. The Hall–Kier alpha value is -0.230. The van der Waals surface area contributed by atoms with Crippen LogP contribution in [0.4, 0.5) is 0 Å². The van der Waals surface area contributed by atoms with Crippen LogP contribution in [-0.2, 0) is 4.79 Å². The van der Waals surface area contributed by atoms with Crippen molar-refractivity contribution in [2.75, 3.05) is 25.4 Å². The van der Waals surface area contributed by atoms with E-state index in [1.807, 2.05) is 16.7 Å². The van der Waals surface area contributed by atoms with E-state index in [-0.39, 0.29) is 12.4 Å². The fraction of sp³-hybridized carbons (Fsp3) is 0.533. The van der Waals surface area contributed by atoms with Crippen LogP contribution in [0.5, 0.6) is 0 Å². The van der Waals surface area contributed by atoms with Gasteiger partial charge in [0.05, 0.1) is 0 Å². The van der Waals surface area contributed by atoms with E-state index in [1.54, 1.807) is 0 Å². The number of thioether (sulfide) groups is 1. The van der Waals surface area contributed by atoms with E-state index in [0.717, 1.165) is 36.3 Å². The van der Waals surface area contributed by atoms with Crippen molar-refractivity contribution in [3.8, 4) is 0 Å². The van der Waals surface area contributed by atoms with Crippen molar-refractivity contribution in [2.24, 2.45) is 0 Å². The second-order valence-corrected chi connectivity index (χ2v) is 7.18. The predicted molar refractivity (Wildman–Crippen MR) is 95.4 cm³/mol. The minimum absolute atomic E-state index is 0. The monoisotopic (exact) mass is 392 g/mol. The van der Waals surface area contributed by atoms with E-state index >= 15 is 0 Å². The molecule has 118 valence electrons. The van der Waals surface area contributed by atoms with Gasteiger partial charge in [-0.05, 0) is 43.4 Å². The molecule has 1 aromatic carbocycles. The van der Waals surface area contributed by atoms with Crippen molar-refractivity contribution in [1.29, 1.82) is 0 Å². The predicted octanol–water partition coefficient (Wildman–Crippen LogP) is 3.56. The van der Waals surface area contributed by atoms with Crippen LogP contribution in [0, 0.1) is 0 Å². The van der Waals surface area contributed by atoms with Crippen LogP contribution < -0.4 is 5.32 Å². The third kappa shape index (κ3) is 6.59. The molecular weight excluding hydrogens is 372 g/mol. The topological polar surface area (TPSA) is 32.3 Å². The Kier molecular flexibility index (Phi) is 8.71.